The summed E-state index contributed by atoms with van der Waals surface area (Å²) in [6, 6.07) is 0. The first kappa shape index (κ1) is 20.9. The predicted molar refractivity (Wildman–Crippen MR) is 90.7 cm³/mol. The van der Waals surface area contributed by atoms with Gasteiger partial charge in [0.1, 0.15) is 0 Å². The summed E-state index contributed by atoms with van der Waals surface area (Å²) >= 11 is 0. The van der Waals surface area contributed by atoms with Crippen LogP contribution in [-0.2, 0) is 4.79 Å². The summed E-state index contributed by atoms with van der Waals surface area (Å²) in [6.07, 6.45) is 4.58. The number of carbonyl (C=O) groups is 1. The number of hydrogen-bond acceptors (Lipinski definition) is 1. The molecule has 0 aromatic carbocycles. The summed E-state index contributed by atoms with van der Waals surface area (Å²) in [6.45, 7) is 8.85. The van der Waals surface area contributed by atoms with Crippen LogP contribution in [0.2, 0.25) is 0 Å². The number of hydrogen-bond donors (Lipinski definition) is 2. The van der Waals surface area contributed by atoms with Crippen molar-refractivity contribution in [2.75, 3.05) is 28.8 Å². The molecule has 2 nitrogen and oxygen atoms in total. The Hall–Kier alpha value is 0.586. The predicted octanol–water partition coefficient (Wildman–Crippen LogP) is 2.87. The van der Waals surface area contributed by atoms with Gasteiger partial charge in [0.25, 0.3) is 0 Å². The molecule has 4 heteroatoms. The Bertz CT molecular complexity index is 208. The maximum absolute atomic E-state index is 11.4. The molecule has 0 aliphatic carbocycles. The van der Waals surface area contributed by atoms with Gasteiger partial charge in [0.15, 0.2) is 0 Å². The highest BCUT2D eigenvalue weighted by Gasteiger charge is 2.40. The Labute approximate surface area is 130 Å². The molecule has 18 heavy (non-hydrogen) atoms. The highest BCUT2D eigenvalue weighted by atomic mass is 32.3. The fraction of sp³-hybridized carbons (Fsp3) is 0.929. The van der Waals surface area contributed by atoms with Crippen molar-refractivity contribution in [3.8, 4) is 0 Å². The van der Waals surface area contributed by atoms with Crippen LogP contribution in [0.1, 0.15) is 53.4 Å². The number of carboxylic acid groups (broad SMARTS) is 1. The molecular formula is C14H34MgO2S. The Morgan fingerprint density at radius 1 is 0.833 bits per heavy atom. The lowest BCUT2D eigenvalue weighted by molar-refractivity contribution is -0.134. The topological polar surface area (TPSA) is 37.3 Å². The van der Waals surface area contributed by atoms with Crippen LogP contribution in [0, 0.1) is 0 Å². The monoisotopic (exact) mass is 290 g/mol. The van der Waals surface area contributed by atoms with E-state index in [1.165, 1.54) is 23.0 Å². The zero-order valence-corrected chi connectivity index (χ0v) is 13.1. The third kappa shape index (κ3) is 5.70. The van der Waals surface area contributed by atoms with Crippen LogP contribution in [-0.4, -0.2) is 62.9 Å². The molecule has 0 atom stereocenters. The fourth-order valence-corrected chi connectivity index (χ4v) is 11.7. The van der Waals surface area contributed by atoms with Crippen LogP contribution >= 0.6 is 9.16 Å². The largest absolute Gasteiger partial charge is 0.481 e. The summed E-state index contributed by atoms with van der Waals surface area (Å²) in [5.74, 6) is 4.67. The normalized spacial score (nSPS) is 13.4. The van der Waals surface area contributed by atoms with E-state index in [4.69, 9.17) is 0 Å². The maximum Gasteiger partial charge on any atom is 0.316 e. The third-order valence-corrected chi connectivity index (χ3v) is 12.0. The smallest absolute Gasteiger partial charge is 0.316 e. The summed E-state index contributed by atoms with van der Waals surface area (Å²) in [4.78, 5) is 11.4. The molecule has 0 saturated heterocycles. The third-order valence-electron chi connectivity index (χ3n) is 4.01. The Morgan fingerprint density at radius 2 is 1.11 bits per heavy atom. The SMILES string of the molecule is CCC[SH](CCC)(CCC)(CCC)CC(=O)O.[MgH2]. The maximum atomic E-state index is 11.4. The summed E-state index contributed by atoms with van der Waals surface area (Å²) in [5.41, 5.74) is 0. The quantitative estimate of drug-likeness (QED) is 0.479. The fourth-order valence-electron chi connectivity index (χ4n) is 3.90. The van der Waals surface area contributed by atoms with E-state index in [2.05, 4.69) is 27.7 Å². The van der Waals surface area contributed by atoms with E-state index in [0.717, 1.165) is 25.7 Å². The van der Waals surface area contributed by atoms with Crippen LogP contribution in [0.15, 0.2) is 0 Å². The van der Waals surface area contributed by atoms with Gasteiger partial charge in [-0.1, -0.05) is 27.7 Å². The van der Waals surface area contributed by atoms with E-state index >= 15 is 0 Å². The summed E-state index contributed by atoms with van der Waals surface area (Å²) in [5, 5.41) is 9.35. The molecule has 0 saturated carbocycles. The Kier molecular flexibility index (Phi) is 11.0. The molecular weight excluding hydrogens is 257 g/mol. The van der Waals surface area contributed by atoms with Gasteiger partial charge < -0.3 is 5.11 Å². The molecule has 0 aromatic rings. The van der Waals surface area contributed by atoms with E-state index in [9.17, 15) is 9.90 Å². The van der Waals surface area contributed by atoms with Gasteiger partial charge in [-0.05, 0) is 48.7 Å². The first-order valence-corrected chi connectivity index (χ1v) is 10.4. The van der Waals surface area contributed by atoms with Gasteiger partial charge in [0, 0.05) is 0 Å². The van der Waals surface area contributed by atoms with Crippen molar-refractivity contribution in [3.05, 3.63) is 0 Å². The van der Waals surface area contributed by atoms with Crippen LogP contribution in [0.4, 0.5) is 0 Å². The lowest BCUT2D eigenvalue weighted by Crippen LogP contribution is -2.38. The van der Waals surface area contributed by atoms with Crippen molar-refractivity contribution in [1.29, 1.82) is 0 Å². The average Bonchev–Trinajstić information content (AvgIpc) is 2.17. The van der Waals surface area contributed by atoms with Crippen molar-refractivity contribution >= 4 is 38.2 Å². The average molecular weight is 291 g/mol. The van der Waals surface area contributed by atoms with E-state index in [-0.39, 0.29) is 23.1 Å². The van der Waals surface area contributed by atoms with Crippen LogP contribution < -0.4 is 0 Å². The highest BCUT2D eigenvalue weighted by Crippen LogP contribution is 2.70. The minimum absolute atomic E-state index is 0. The van der Waals surface area contributed by atoms with Gasteiger partial charge >= 0.3 is 29.0 Å². The molecule has 0 rings (SSSR count). The molecule has 0 bridgehead atoms. The molecule has 110 valence electrons. The minimum Gasteiger partial charge on any atom is -0.481 e. The zero-order valence-electron chi connectivity index (χ0n) is 12.2. The number of thiol groups is 1. The van der Waals surface area contributed by atoms with Crippen LogP contribution in [0.25, 0.3) is 0 Å². The van der Waals surface area contributed by atoms with Gasteiger partial charge in [-0.15, -0.1) is 0 Å². The molecule has 0 spiro atoms. The van der Waals surface area contributed by atoms with E-state index in [0.29, 0.717) is 5.75 Å². The molecule has 0 aliphatic rings. The first-order chi connectivity index (χ1) is 7.97. The second kappa shape index (κ2) is 9.48. The Balaban J connectivity index is 0. The number of rotatable bonds is 10. The van der Waals surface area contributed by atoms with Gasteiger partial charge in [-0.25, -0.2) is 0 Å². The standard InChI is InChI=1S/C14H32O2S.Mg.2H/c1-5-9-17(10-6-2,11-7-3,12-8-4)13-14(15)16;;;/h17H,5-13H2,1-4H3,(H,15,16);;;. The molecule has 0 unspecified atom stereocenters. The van der Waals surface area contributed by atoms with Gasteiger partial charge in [0.2, 0.25) is 0 Å². The summed E-state index contributed by atoms with van der Waals surface area (Å²) in [7, 11) is -1.99. The number of aliphatic carboxylic acids is 1. The zero-order chi connectivity index (χ0) is 13.4. The van der Waals surface area contributed by atoms with Crippen LogP contribution in [0.3, 0.4) is 0 Å². The van der Waals surface area contributed by atoms with Gasteiger partial charge in [-0.2, -0.15) is 0 Å². The molecule has 0 fully saturated rings. The van der Waals surface area contributed by atoms with Crippen LogP contribution in [0.5, 0.6) is 0 Å². The molecule has 0 heterocycles. The number of carboxylic acids is 1. The minimum atomic E-state index is -1.99. The van der Waals surface area contributed by atoms with E-state index < -0.39 is 15.1 Å². The molecule has 0 aromatic heterocycles. The molecule has 0 amide bonds. The van der Waals surface area contributed by atoms with Crippen molar-refractivity contribution in [3.63, 3.8) is 0 Å². The van der Waals surface area contributed by atoms with Crippen molar-refractivity contribution in [2.45, 2.75) is 53.4 Å². The van der Waals surface area contributed by atoms with E-state index in [1.807, 2.05) is 0 Å². The first-order valence-electron chi connectivity index (χ1n) is 7.19. The lowest BCUT2D eigenvalue weighted by Gasteiger charge is -2.61. The van der Waals surface area contributed by atoms with Crippen molar-refractivity contribution in [2.24, 2.45) is 0 Å². The van der Waals surface area contributed by atoms with E-state index in [1.54, 1.807) is 0 Å². The van der Waals surface area contributed by atoms with Crippen molar-refractivity contribution in [1.82, 2.24) is 0 Å². The molecule has 0 aliphatic heterocycles. The molecule has 0 radical (unpaired) electrons. The second-order valence-electron chi connectivity index (χ2n) is 5.68. The highest BCUT2D eigenvalue weighted by molar-refractivity contribution is 8.49. The lowest BCUT2D eigenvalue weighted by atomic mass is 10.5. The summed E-state index contributed by atoms with van der Waals surface area (Å²) < 4.78 is 0. The van der Waals surface area contributed by atoms with Gasteiger partial charge in [-0.3, -0.25) is 14.0 Å². The second-order valence-corrected chi connectivity index (χ2v) is 12.3. The van der Waals surface area contributed by atoms with Crippen molar-refractivity contribution < 1.29 is 9.90 Å². The Morgan fingerprint density at radius 3 is 1.28 bits per heavy atom. The van der Waals surface area contributed by atoms with Gasteiger partial charge in [0.05, 0.1) is 5.75 Å². The molecule has 1 N–H and O–H groups in total.